The first-order valence-corrected chi connectivity index (χ1v) is 6.33. The maximum atomic E-state index is 11.4. The molecule has 0 aliphatic carbocycles. The van der Waals surface area contributed by atoms with E-state index < -0.39 is 20.2 Å². The zero-order chi connectivity index (χ0) is 11.5. The lowest BCUT2D eigenvalue weighted by Crippen LogP contribution is -2.29. The Kier molecular flexibility index (Phi) is 3.70. The van der Waals surface area contributed by atoms with E-state index in [4.69, 9.17) is 5.11 Å². The second-order valence-electron chi connectivity index (χ2n) is 2.67. The Morgan fingerprint density at radius 1 is 1.33 bits per heavy atom. The number of para-hydroxylation sites is 1. The van der Waals surface area contributed by atoms with Gasteiger partial charge in [0, 0.05) is 5.69 Å². The van der Waals surface area contributed by atoms with Crippen LogP contribution >= 0.6 is 15.9 Å². The number of alkyl halides is 1. The van der Waals surface area contributed by atoms with Crippen LogP contribution < -0.4 is 4.72 Å². The van der Waals surface area contributed by atoms with E-state index in [1.54, 1.807) is 18.2 Å². The normalized spacial score (nSPS) is 13.1. The summed E-state index contributed by atoms with van der Waals surface area (Å²) in [6.07, 6.45) is 0. The fourth-order valence-electron chi connectivity index (χ4n) is 0.855. The lowest BCUT2D eigenvalue weighted by Gasteiger charge is -2.09. The quantitative estimate of drug-likeness (QED) is 0.818. The van der Waals surface area contributed by atoms with Crippen molar-refractivity contribution in [3.63, 3.8) is 0 Å². The van der Waals surface area contributed by atoms with Gasteiger partial charge in [-0.25, -0.2) is 13.2 Å². The number of sulfonamides is 1. The minimum Gasteiger partial charge on any atom is -0.480 e. The molecular weight excluding hydrogens is 286 g/mol. The molecule has 0 saturated carbocycles. The topological polar surface area (TPSA) is 83.5 Å². The molecule has 0 aromatic heterocycles. The van der Waals surface area contributed by atoms with Gasteiger partial charge in [-0.3, -0.25) is 4.72 Å². The summed E-state index contributed by atoms with van der Waals surface area (Å²) in [5, 5.41) is 8.53. The summed E-state index contributed by atoms with van der Waals surface area (Å²) in [6.45, 7) is 0. The summed E-state index contributed by atoms with van der Waals surface area (Å²) >= 11 is 2.57. The monoisotopic (exact) mass is 293 g/mol. The molecule has 0 fully saturated rings. The molecule has 0 radical (unpaired) electrons. The van der Waals surface area contributed by atoms with E-state index in [2.05, 4.69) is 20.7 Å². The van der Waals surface area contributed by atoms with Crippen LogP contribution in [0.5, 0.6) is 0 Å². The van der Waals surface area contributed by atoms with Crippen LogP contribution in [0.3, 0.4) is 0 Å². The highest BCUT2D eigenvalue weighted by Crippen LogP contribution is 2.15. The Morgan fingerprint density at radius 3 is 2.33 bits per heavy atom. The molecule has 0 heterocycles. The molecule has 0 aliphatic rings. The zero-order valence-corrected chi connectivity index (χ0v) is 9.82. The van der Waals surface area contributed by atoms with Crippen LogP contribution in [0.2, 0.25) is 0 Å². The van der Waals surface area contributed by atoms with Crippen LogP contribution in [0, 0.1) is 0 Å². The largest absolute Gasteiger partial charge is 0.480 e. The van der Waals surface area contributed by atoms with Gasteiger partial charge in [0.25, 0.3) is 10.0 Å². The van der Waals surface area contributed by atoms with Crippen molar-refractivity contribution >= 4 is 37.6 Å². The molecule has 82 valence electrons. The number of carboxylic acid groups (broad SMARTS) is 1. The van der Waals surface area contributed by atoms with Crippen LogP contribution in [-0.2, 0) is 14.8 Å². The van der Waals surface area contributed by atoms with Crippen LogP contribution in [-0.4, -0.2) is 23.7 Å². The van der Waals surface area contributed by atoms with Gasteiger partial charge in [-0.1, -0.05) is 34.1 Å². The molecule has 0 amide bonds. The highest BCUT2D eigenvalue weighted by molar-refractivity contribution is 9.11. The standard InChI is InChI=1S/C8H8BrNO4S/c9-7(8(11)12)15(13,14)10-6-4-2-1-3-5-6/h1-5,7,10H,(H,11,12). The van der Waals surface area contributed by atoms with Gasteiger partial charge < -0.3 is 5.11 Å². The van der Waals surface area contributed by atoms with Crippen molar-refractivity contribution in [3.05, 3.63) is 30.3 Å². The lowest BCUT2D eigenvalue weighted by molar-refractivity contribution is -0.134. The molecule has 2 N–H and O–H groups in total. The molecule has 1 aromatic rings. The third kappa shape index (κ3) is 3.21. The number of aliphatic carboxylic acids is 1. The Labute approximate surface area is 95.3 Å². The van der Waals surface area contributed by atoms with Crippen LogP contribution in [0.4, 0.5) is 5.69 Å². The molecule has 0 spiro atoms. The molecule has 1 unspecified atom stereocenters. The molecule has 0 bridgehead atoms. The number of carboxylic acids is 1. The summed E-state index contributed by atoms with van der Waals surface area (Å²) < 4.78 is 23.3. The van der Waals surface area contributed by atoms with Gasteiger partial charge in [0.1, 0.15) is 0 Å². The van der Waals surface area contributed by atoms with Gasteiger partial charge in [0.15, 0.2) is 0 Å². The fraction of sp³-hybridized carbons (Fsp3) is 0.125. The Hall–Kier alpha value is -1.08. The molecule has 0 saturated heterocycles. The Bertz CT molecular complexity index is 445. The molecular formula is C8H8BrNO4S. The maximum absolute atomic E-state index is 11.4. The van der Waals surface area contributed by atoms with Gasteiger partial charge in [-0.05, 0) is 12.1 Å². The van der Waals surface area contributed by atoms with E-state index in [1.165, 1.54) is 12.1 Å². The summed E-state index contributed by atoms with van der Waals surface area (Å²) in [7, 11) is -3.95. The number of nitrogens with one attached hydrogen (secondary N) is 1. The number of carbonyl (C=O) groups is 1. The van der Waals surface area contributed by atoms with Crippen molar-refractivity contribution in [2.24, 2.45) is 0 Å². The van der Waals surface area contributed by atoms with E-state index in [0.717, 1.165) is 0 Å². The van der Waals surface area contributed by atoms with E-state index in [9.17, 15) is 13.2 Å². The fourth-order valence-corrected chi connectivity index (χ4v) is 1.97. The second-order valence-corrected chi connectivity index (χ2v) is 5.95. The maximum Gasteiger partial charge on any atom is 0.334 e. The number of hydrogen-bond donors (Lipinski definition) is 2. The first-order chi connectivity index (χ1) is 6.93. The zero-order valence-electron chi connectivity index (χ0n) is 7.42. The smallest absolute Gasteiger partial charge is 0.334 e. The van der Waals surface area contributed by atoms with Gasteiger partial charge in [0.2, 0.25) is 4.16 Å². The van der Waals surface area contributed by atoms with E-state index >= 15 is 0 Å². The first-order valence-electron chi connectivity index (χ1n) is 3.87. The molecule has 15 heavy (non-hydrogen) atoms. The predicted molar refractivity (Wildman–Crippen MR) is 59.3 cm³/mol. The lowest BCUT2D eigenvalue weighted by atomic mass is 10.3. The molecule has 7 heteroatoms. The number of rotatable bonds is 4. The summed E-state index contributed by atoms with van der Waals surface area (Å²) in [5.74, 6) is -1.46. The molecule has 0 aliphatic heterocycles. The van der Waals surface area contributed by atoms with Crippen molar-refractivity contribution in [2.45, 2.75) is 4.16 Å². The molecule has 1 atom stereocenters. The van der Waals surface area contributed by atoms with Gasteiger partial charge in [-0.15, -0.1) is 0 Å². The summed E-state index contributed by atoms with van der Waals surface area (Å²) in [4.78, 5) is 10.5. The van der Waals surface area contributed by atoms with Crippen molar-refractivity contribution in [3.8, 4) is 0 Å². The highest BCUT2D eigenvalue weighted by Gasteiger charge is 2.29. The average molecular weight is 294 g/mol. The minimum atomic E-state index is -3.95. The average Bonchev–Trinajstić information content (AvgIpc) is 2.17. The number of anilines is 1. The van der Waals surface area contributed by atoms with Crippen LogP contribution in [0.15, 0.2) is 30.3 Å². The second kappa shape index (κ2) is 4.63. The number of hydrogen-bond acceptors (Lipinski definition) is 3. The third-order valence-corrected chi connectivity index (χ3v) is 4.64. The highest BCUT2D eigenvalue weighted by atomic mass is 79.9. The molecule has 5 nitrogen and oxygen atoms in total. The van der Waals surface area contributed by atoms with Crippen molar-refractivity contribution in [1.29, 1.82) is 0 Å². The molecule has 1 rings (SSSR count). The SMILES string of the molecule is O=C(O)C(Br)S(=O)(=O)Nc1ccccc1. The number of halogens is 1. The van der Waals surface area contributed by atoms with Gasteiger partial charge >= 0.3 is 5.97 Å². The summed E-state index contributed by atoms with van der Waals surface area (Å²) in [6, 6.07) is 8.06. The van der Waals surface area contributed by atoms with E-state index in [1.807, 2.05) is 0 Å². The minimum absolute atomic E-state index is 0.322. The predicted octanol–water partition coefficient (Wildman–Crippen LogP) is 1.23. The summed E-state index contributed by atoms with van der Waals surface area (Å²) in [5.41, 5.74) is 0.322. The van der Waals surface area contributed by atoms with Crippen molar-refractivity contribution in [1.82, 2.24) is 0 Å². The van der Waals surface area contributed by atoms with Crippen LogP contribution in [0.1, 0.15) is 0 Å². The van der Waals surface area contributed by atoms with Crippen molar-refractivity contribution in [2.75, 3.05) is 4.72 Å². The van der Waals surface area contributed by atoms with Crippen molar-refractivity contribution < 1.29 is 18.3 Å². The van der Waals surface area contributed by atoms with E-state index in [-0.39, 0.29) is 0 Å². The van der Waals surface area contributed by atoms with Crippen LogP contribution in [0.25, 0.3) is 0 Å². The third-order valence-electron chi connectivity index (χ3n) is 1.50. The first kappa shape index (κ1) is 12.0. The van der Waals surface area contributed by atoms with Gasteiger partial charge in [-0.2, -0.15) is 0 Å². The molecule has 1 aromatic carbocycles. The number of benzene rings is 1. The van der Waals surface area contributed by atoms with E-state index in [0.29, 0.717) is 5.69 Å². The Balaban J connectivity index is 2.87. The Morgan fingerprint density at radius 2 is 1.87 bits per heavy atom. The van der Waals surface area contributed by atoms with Gasteiger partial charge in [0.05, 0.1) is 0 Å².